The molecule has 0 unspecified atom stereocenters. The molecule has 0 N–H and O–H groups in total. The SMILES string of the molecule is Cc1ccc(Cl)c2oc(-c3ccc(F)cc3)nc12. The molecule has 18 heavy (non-hydrogen) atoms. The maximum atomic E-state index is 12.9. The number of oxazole rings is 1. The lowest BCUT2D eigenvalue weighted by atomic mass is 10.2. The van der Waals surface area contributed by atoms with Crippen LogP contribution in [-0.4, -0.2) is 4.98 Å². The molecule has 0 aliphatic heterocycles. The van der Waals surface area contributed by atoms with Crippen molar-refractivity contribution in [1.29, 1.82) is 0 Å². The molecule has 0 aliphatic carbocycles. The number of benzene rings is 2. The van der Waals surface area contributed by atoms with Crippen LogP contribution in [0.1, 0.15) is 5.56 Å². The van der Waals surface area contributed by atoms with Crippen LogP contribution in [0, 0.1) is 12.7 Å². The Morgan fingerprint density at radius 3 is 2.50 bits per heavy atom. The van der Waals surface area contributed by atoms with Gasteiger partial charge in [-0.3, -0.25) is 0 Å². The van der Waals surface area contributed by atoms with Crippen molar-refractivity contribution in [2.24, 2.45) is 0 Å². The average molecular weight is 262 g/mol. The highest BCUT2D eigenvalue weighted by atomic mass is 35.5. The summed E-state index contributed by atoms with van der Waals surface area (Å²) in [5, 5.41) is 0.525. The molecule has 0 atom stereocenters. The second-order valence-electron chi connectivity index (χ2n) is 4.07. The highest BCUT2D eigenvalue weighted by Gasteiger charge is 2.12. The van der Waals surface area contributed by atoms with Gasteiger partial charge >= 0.3 is 0 Å². The lowest BCUT2D eigenvalue weighted by Gasteiger charge is -1.94. The molecule has 2 aromatic carbocycles. The normalized spacial score (nSPS) is 11.1. The van der Waals surface area contributed by atoms with Crippen molar-refractivity contribution < 1.29 is 8.81 Å². The predicted octanol–water partition coefficient (Wildman–Crippen LogP) is 4.60. The molecule has 0 amide bonds. The Balaban J connectivity index is 2.22. The second kappa shape index (κ2) is 4.10. The number of fused-ring (bicyclic) bond motifs is 1. The monoisotopic (exact) mass is 261 g/mol. The zero-order chi connectivity index (χ0) is 12.7. The number of hydrogen-bond acceptors (Lipinski definition) is 2. The van der Waals surface area contributed by atoms with Crippen molar-refractivity contribution in [2.75, 3.05) is 0 Å². The van der Waals surface area contributed by atoms with Gasteiger partial charge in [0.2, 0.25) is 5.89 Å². The zero-order valence-corrected chi connectivity index (χ0v) is 10.3. The van der Waals surface area contributed by atoms with E-state index in [1.165, 1.54) is 12.1 Å². The first-order valence-corrected chi connectivity index (χ1v) is 5.84. The molecule has 4 heteroatoms. The molecule has 0 aliphatic rings. The topological polar surface area (TPSA) is 26.0 Å². The van der Waals surface area contributed by atoms with Crippen LogP contribution in [0.3, 0.4) is 0 Å². The standard InChI is InChI=1S/C14H9ClFNO/c1-8-2-7-11(15)13-12(8)17-14(18-13)9-3-5-10(16)6-4-9/h2-7H,1H3. The van der Waals surface area contributed by atoms with Gasteiger partial charge in [0.1, 0.15) is 11.3 Å². The first kappa shape index (κ1) is 11.2. The van der Waals surface area contributed by atoms with E-state index in [1.807, 2.05) is 13.0 Å². The molecular formula is C14H9ClFNO. The van der Waals surface area contributed by atoms with Crippen LogP contribution in [0.5, 0.6) is 0 Å². The van der Waals surface area contributed by atoms with Crippen LogP contribution < -0.4 is 0 Å². The van der Waals surface area contributed by atoms with Gasteiger partial charge in [0.25, 0.3) is 0 Å². The summed E-state index contributed by atoms with van der Waals surface area (Å²) in [6.07, 6.45) is 0. The maximum absolute atomic E-state index is 12.9. The van der Waals surface area contributed by atoms with Crippen LogP contribution in [0.25, 0.3) is 22.6 Å². The lowest BCUT2D eigenvalue weighted by molar-refractivity contribution is 0.616. The molecule has 0 radical (unpaired) electrons. The van der Waals surface area contributed by atoms with Gasteiger partial charge in [-0.15, -0.1) is 0 Å². The summed E-state index contributed by atoms with van der Waals surface area (Å²) in [5.41, 5.74) is 3.02. The van der Waals surface area contributed by atoms with Crippen LogP contribution in [0.2, 0.25) is 5.02 Å². The fourth-order valence-electron chi connectivity index (χ4n) is 1.82. The third kappa shape index (κ3) is 1.77. The Bertz CT molecular complexity index is 679. The van der Waals surface area contributed by atoms with Crippen molar-refractivity contribution in [3.63, 3.8) is 0 Å². The van der Waals surface area contributed by atoms with E-state index in [0.29, 0.717) is 16.5 Å². The van der Waals surface area contributed by atoms with Gasteiger partial charge in [-0.1, -0.05) is 17.7 Å². The van der Waals surface area contributed by atoms with Crippen LogP contribution >= 0.6 is 11.6 Å². The number of halogens is 2. The van der Waals surface area contributed by atoms with Crippen LogP contribution in [0.4, 0.5) is 4.39 Å². The van der Waals surface area contributed by atoms with Crippen LogP contribution in [-0.2, 0) is 0 Å². The van der Waals surface area contributed by atoms with Gasteiger partial charge in [0.15, 0.2) is 5.58 Å². The third-order valence-electron chi connectivity index (χ3n) is 2.79. The molecule has 2 nitrogen and oxygen atoms in total. The number of hydrogen-bond donors (Lipinski definition) is 0. The Morgan fingerprint density at radius 1 is 1.11 bits per heavy atom. The predicted molar refractivity (Wildman–Crippen MR) is 69.2 cm³/mol. The van der Waals surface area contributed by atoms with Crippen LogP contribution in [0.15, 0.2) is 40.8 Å². The van der Waals surface area contributed by atoms with E-state index in [4.69, 9.17) is 16.0 Å². The highest BCUT2D eigenvalue weighted by Crippen LogP contribution is 2.30. The highest BCUT2D eigenvalue weighted by molar-refractivity contribution is 6.34. The van der Waals surface area contributed by atoms with Crippen molar-refractivity contribution in [3.8, 4) is 11.5 Å². The second-order valence-corrected chi connectivity index (χ2v) is 4.48. The van der Waals surface area contributed by atoms with E-state index < -0.39 is 0 Å². The first-order chi connectivity index (χ1) is 8.65. The van der Waals surface area contributed by atoms with E-state index in [2.05, 4.69) is 4.98 Å². The van der Waals surface area contributed by atoms with Gasteiger partial charge in [-0.05, 0) is 42.8 Å². The van der Waals surface area contributed by atoms with E-state index in [0.717, 1.165) is 16.6 Å². The van der Waals surface area contributed by atoms with Crippen molar-refractivity contribution in [3.05, 3.63) is 52.8 Å². The lowest BCUT2D eigenvalue weighted by Crippen LogP contribution is -1.79. The molecule has 0 bridgehead atoms. The molecule has 3 rings (SSSR count). The number of aromatic nitrogens is 1. The smallest absolute Gasteiger partial charge is 0.227 e. The van der Waals surface area contributed by atoms with Crippen molar-refractivity contribution in [2.45, 2.75) is 6.92 Å². The molecule has 90 valence electrons. The summed E-state index contributed by atoms with van der Waals surface area (Å²) in [6, 6.07) is 9.67. The number of nitrogens with zero attached hydrogens (tertiary/aromatic N) is 1. The largest absolute Gasteiger partial charge is 0.435 e. The van der Waals surface area contributed by atoms with E-state index >= 15 is 0 Å². The Morgan fingerprint density at radius 2 is 1.83 bits per heavy atom. The van der Waals surface area contributed by atoms with Gasteiger partial charge in [-0.2, -0.15) is 0 Å². The summed E-state index contributed by atoms with van der Waals surface area (Å²) in [7, 11) is 0. The summed E-state index contributed by atoms with van der Waals surface area (Å²) in [4.78, 5) is 4.40. The van der Waals surface area contributed by atoms with Gasteiger partial charge in [0, 0.05) is 5.56 Å². The van der Waals surface area contributed by atoms with E-state index in [1.54, 1.807) is 18.2 Å². The molecule has 0 saturated heterocycles. The number of rotatable bonds is 1. The zero-order valence-electron chi connectivity index (χ0n) is 9.58. The quantitative estimate of drug-likeness (QED) is 0.640. The molecule has 1 aromatic heterocycles. The number of aryl methyl sites for hydroxylation is 1. The molecule has 0 saturated carbocycles. The molecule has 0 fully saturated rings. The fraction of sp³-hybridized carbons (Fsp3) is 0.0714. The Labute approximate surface area is 108 Å². The van der Waals surface area contributed by atoms with Gasteiger partial charge in [-0.25, -0.2) is 9.37 Å². The minimum absolute atomic E-state index is 0.288. The van der Waals surface area contributed by atoms with E-state index in [9.17, 15) is 4.39 Å². The van der Waals surface area contributed by atoms with Gasteiger partial charge in [0.05, 0.1) is 5.02 Å². The fourth-order valence-corrected chi connectivity index (χ4v) is 2.01. The summed E-state index contributed by atoms with van der Waals surface area (Å²) < 4.78 is 18.5. The summed E-state index contributed by atoms with van der Waals surface area (Å²) in [5.74, 6) is 0.158. The Kier molecular flexibility index (Phi) is 2.56. The molecule has 1 heterocycles. The molecular weight excluding hydrogens is 253 g/mol. The third-order valence-corrected chi connectivity index (χ3v) is 3.09. The molecule has 3 aromatic rings. The van der Waals surface area contributed by atoms with Gasteiger partial charge < -0.3 is 4.42 Å². The Hall–Kier alpha value is -1.87. The summed E-state index contributed by atoms with van der Waals surface area (Å²) in [6.45, 7) is 1.94. The van der Waals surface area contributed by atoms with Crippen molar-refractivity contribution >= 4 is 22.7 Å². The average Bonchev–Trinajstić information content (AvgIpc) is 2.81. The minimum atomic E-state index is -0.288. The minimum Gasteiger partial charge on any atom is -0.435 e. The first-order valence-electron chi connectivity index (χ1n) is 5.47. The summed E-state index contributed by atoms with van der Waals surface area (Å²) >= 11 is 6.06. The molecule has 0 spiro atoms. The maximum Gasteiger partial charge on any atom is 0.227 e. The van der Waals surface area contributed by atoms with E-state index in [-0.39, 0.29) is 5.82 Å². The van der Waals surface area contributed by atoms with Crippen molar-refractivity contribution in [1.82, 2.24) is 4.98 Å².